The van der Waals surface area contributed by atoms with Crippen LogP contribution < -0.4 is 5.56 Å². The van der Waals surface area contributed by atoms with E-state index in [0.717, 1.165) is 16.4 Å². The number of hydrogen-bond acceptors (Lipinski definition) is 4. The van der Waals surface area contributed by atoms with Gasteiger partial charge in [-0.15, -0.1) is 0 Å². The Hall–Kier alpha value is -2.58. The summed E-state index contributed by atoms with van der Waals surface area (Å²) < 4.78 is 41.8. The molecule has 0 aliphatic rings. The molecule has 0 saturated carbocycles. The number of hydrogen-bond donors (Lipinski definition) is 0. The molecule has 148 valence electrons. The predicted octanol–water partition coefficient (Wildman–Crippen LogP) is 3.33. The highest BCUT2D eigenvalue weighted by Crippen LogP contribution is 2.25. The van der Waals surface area contributed by atoms with Crippen molar-refractivity contribution in [3.63, 3.8) is 0 Å². The van der Waals surface area contributed by atoms with E-state index in [-0.39, 0.29) is 10.5 Å². The van der Waals surface area contributed by atoms with Crippen LogP contribution in [0.1, 0.15) is 32.1 Å². The molecule has 0 saturated heterocycles. The number of para-hydroxylation sites is 1. The molecule has 3 rings (SSSR count). The third-order valence-corrected chi connectivity index (χ3v) is 6.69. The van der Waals surface area contributed by atoms with E-state index in [1.807, 2.05) is 6.92 Å². The number of fused-ring (bicyclic) bond motifs is 1. The second-order valence-corrected chi connectivity index (χ2v) is 8.59. The van der Waals surface area contributed by atoms with E-state index in [0.29, 0.717) is 29.7 Å². The lowest BCUT2D eigenvalue weighted by Gasteiger charge is -2.26. The summed E-state index contributed by atoms with van der Waals surface area (Å²) in [5.74, 6) is -0.138. The highest BCUT2D eigenvalue weighted by molar-refractivity contribution is 7.89. The van der Waals surface area contributed by atoms with Crippen molar-refractivity contribution < 1.29 is 12.8 Å². The molecule has 28 heavy (non-hydrogen) atoms. The van der Waals surface area contributed by atoms with Crippen molar-refractivity contribution in [2.75, 3.05) is 7.05 Å². The van der Waals surface area contributed by atoms with Crippen LogP contribution in [0.5, 0.6) is 0 Å². The number of halogens is 1. The molecule has 1 heterocycles. The summed E-state index contributed by atoms with van der Waals surface area (Å²) >= 11 is 0. The summed E-state index contributed by atoms with van der Waals surface area (Å²) in [7, 11) is -2.46. The van der Waals surface area contributed by atoms with Gasteiger partial charge in [0.2, 0.25) is 10.0 Å². The molecule has 0 aliphatic heterocycles. The molecule has 0 N–H and O–H groups in total. The van der Waals surface area contributed by atoms with Gasteiger partial charge in [0, 0.05) is 13.6 Å². The van der Waals surface area contributed by atoms with Crippen molar-refractivity contribution in [3.05, 3.63) is 70.5 Å². The largest absolute Gasteiger partial charge is 0.295 e. The molecule has 6 nitrogen and oxygen atoms in total. The Morgan fingerprint density at radius 2 is 1.79 bits per heavy atom. The summed E-state index contributed by atoms with van der Waals surface area (Å²) in [6.07, 6.45) is 0.702. The zero-order valence-corrected chi connectivity index (χ0v) is 16.8. The molecule has 1 unspecified atom stereocenters. The van der Waals surface area contributed by atoms with Gasteiger partial charge in [-0.3, -0.25) is 9.36 Å². The van der Waals surface area contributed by atoms with E-state index in [4.69, 9.17) is 0 Å². The first kappa shape index (κ1) is 20.2. The van der Waals surface area contributed by atoms with Gasteiger partial charge in [-0.05, 0) is 49.7 Å². The predicted molar refractivity (Wildman–Crippen MR) is 106 cm³/mol. The smallest absolute Gasteiger partial charge is 0.261 e. The van der Waals surface area contributed by atoms with Crippen LogP contribution in [0.3, 0.4) is 0 Å². The molecule has 3 aromatic rings. The maximum Gasteiger partial charge on any atom is 0.261 e. The highest BCUT2D eigenvalue weighted by Gasteiger charge is 2.29. The monoisotopic (exact) mass is 403 g/mol. The molecule has 1 atom stereocenters. The number of aromatic nitrogens is 2. The lowest BCUT2D eigenvalue weighted by molar-refractivity contribution is 0.368. The number of benzene rings is 2. The van der Waals surface area contributed by atoms with Gasteiger partial charge in [-0.1, -0.05) is 19.1 Å². The van der Waals surface area contributed by atoms with Gasteiger partial charge in [0.15, 0.2) is 0 Å². The van der Waals surface area contributed by atoms with E-state index in [1.165, 1.54) is 23.7 Å². The first-order valence-corrected chi connectivity index (χ1v) is 10.4. The minimum absolute atomic E-state index is 0.0200. The fourth-order valence-corrected chi connectivity index (χ4v) is 4.41. The normalized spacial score (nSPS) is 13.2. The molecule has 0 amide bonds. The van der Waals surface area contributed by atoms with Gasteiger partial charge in [-0.2, -0.15) is 4.31 Å². The summed E-state index contributed by atoms with van der Waals surface area (Å²) in [5.41, 5.74) is 0.330. The number of nitrogens with zero attached hydrogens (tertiary/aromatic N) is 3. The zero-order chi connectivity index (χ0) is 20.5. The van der Waals surface area contributed by atoms with Gasteiger partial charge in [0.25, 0.3) is 5.56 Å². The highest BCUT2D eigenvalue weighted by atomic mass is 32.2. The average molecular weight is 403 g/mol. The van der Waals surface area contributed by atoms with Crippen molar-refractivity contribution >= 4 is 20.9 Å². The molecular weight excluding hydrogens is 381 g/mol. The lowest BCUT2D eigenvalue weighted by Crippen LogP contribution is -2.35. The summed E-state index contributed by atoms with van der Waals surface area (Å²) in [6, 6.07) is 11.0. The van der Waals surface area contributed by atoms with E-state index >= 15 is 0 Å². The quantitative estimate of drug-likeness (QED) is 0.633. The summed E-state index contributed by atoms with van der Waals surface area (Å²) in [5, 5.41) is 0.496. The number of rotatable bonds is 6. The molecule has 0 aliphatic carbocycles. The van der Waals surface area contributed by atoms with Gasteiger partial charge >= 0.3 is 0 Å². The van der Waals surface area contributed by atoms with Crippen molar-refractivity contribution in [1.29, 1.82) is 0 Å². The standard InChI is InChI=1S/C20H22FN3O3S/c1-4-13-24-19(22-18-8-6-5-7-17(18)20(24)25)14(2)23(3)28(26,27)16-11-9-15(21)10-12-16/h5-12,14H,4,13H2,1-3H3. The van der Waals surface area contributed by atoms with Gasteiger partial charge in [-0.25, -0.2) is 17.8 Å². The van der Waals surface area contributed by atoms with E-state index in [1.54, 1.807) is 31.2 Å². The van der Waals surface area contributed by atoms with Gasteiger partial charge in [0.05, 0.1) is 21.8 Å². The maximum absolute atomic E-state index is 13.2. The molecule has 0 fully saturated rings. The molecule has 0 bridgehead atoms. The van der Waals surface area contributed by atoms with Gasteiger partial charge in [0.1, 0.15) is 11.6 Å². The molecule has 1 aromatic heterocycles. The van der Waals surface area contributed by atoms with Crippen LogP contribution in [0, 0.1) is 5.82 Å². The number of sulfonamides is 1. The topological polar surface area (TPSA) is 72.3 Å². The Morgan fingerprint density at radius 1 is 1.14 bits per heavy atom. The molecule has 8 heteroatoms. The first-order valence-electron chi connectivity index (χ1n) is 9.00. The Labute approximate surface area is 163 Å². The van der Waals surface area contributed by atoms with E-state index in [2.05, 4.69) is 4.98 Å². The Kier molecular flexibility index (Phi) is 5.62. The van der Waals surface area contributed by atoms with E-state index in [9.17, 15) is 17.6 Å². The fourth-order valence-electron chi connectivity index (χ4n) is 3.09. The van der Waals surface area contributed by atoms with Crippen molar-refractivity contribution in [2.45, 2.75) is 37.8 Å². The Balaban J connectivity index is 2.11. The van der Waals surface area contributed by atoms with E-state index < -0.39 is 21.9 Å². The third-order valence-electron chi connectivity index (χ3n) is 4.75. The van der Waals surface area contributed by atoms with Crippen LogP contribution in [-0.4, -0.2) is 29.3 Å². The average Bonchev–Trinajstić information content (AvgIpc) is 2.69. The fraction of sp³-hybridized carbons (Fsp3) is 0.300. The van der Waals surface area contributed by atoms with Crippen LogP contribution in [0.25, 0.3) is 10.9 Å². The molecule has 0 radical (unpaired) electrons. The first-order chi connectivity index (χ1) is 13.3. The Bertz CT molecular complexity index is 1160. The van der Waals surface area contributed by atoms with Crippen molar-refractivity contribution in [2.24, 2.45) is 0 Å². The SMILES string of the molecule is CCCn1c(C(C)N(C)S(=O)(=O)c2ccc(F)cc2)nc2ccccc2c1=O. The van der Waals surface area contributed by atoms with Gasteiger partial charge < -0.3 is 0 Å². The van der Waals surface area contributed by atoms with Crippen LogP contribution in [-0.2, 0) is 16.6 Å². The van der Waals surface area contributed by atoms with Crippen LogP contribution in [0.15, 0.2) is 58.2 Å². The Morgan fingerprint density at radius 3 is 2.43 bits per heavy atom. The molecule has 0 spiro atoms. The maximum atomic E-state index is 13.2. The van der Waals surface area contributed by atoms with Crippen LogP contribution in [0.2, 0.25) is 0 Å². The molecular formula is C20H22FN3O3S. The minimum Gasteiger partial charge on any atom is -0.295 e. The van der Waals surface area contributed by atoms with Crippen LogP contribution in [0.4, 0.5) is 4.39 Å². The zero-order valence-electron chi connectivity index (χ0n) is 16.0. The van der Waals surface area contributed by atoms with Crippen LogP contribution >= 0.6 is 0 Å². The third kappa shape index (κ3) is 3.57. The second-order valence-electron chi connectivity index (χ2n) is 6.60. The van der Waals surface area contributed by atoms with Crippen molar-refractivity contribution in [1.82, 2.24) is 13.9 Å². The summed E-state index contributed by atoms with van der Waals surface area (Å²) in [6.45, 7) is 4.06. The lowest BCUT2D eigenvalue weighted by atomic mass is 10.2. The molecule has 2 aromatic carbocycles. The second kappa shape index (κ2) is 7.81. The van der Waals surface area contributed by atoms with Crippen molar-refractivity contribution in [3.8, 4) is 0 Å². The summed E-state index contributed by atoms with van der Waals surface area (Å²) in [4.78, 5) is 17.5. The minimum atomic E-state index is -3.89.